The van der Waals surface area contributed by atoms with Gasteiger partial charge in [0, 0.05) is 17.1 Å². The minimum absolute atomic E-state index is 0.315. The van der Waals surface area contributed by atoms with Gasteiger partial charge < -0.3 is 15.6 Å². The average molecular weight is 266 g/mol. The topological polar surface area (TPSA) is 96.3 Å². The smallest absolute Gasteiger partial charge is 0.321 e. The van der Waals surface area contributed by atoms with Gasteiger partial charge in [0.15, 0.2) is 0 Å². The van der Waals surface area contributed by atoms with Gasteiger partial charge in [0.05, 0.1) is 18.7 Å². The number of thioether (sulfide) groups is 1. The largest absolute Gasteiger partial charge is 0.496 e. The Morgan fingerprint density at radius 2 is 2.39 bits per heavy atom. The van der Waals surface area contributed by atoms with E-state index in [1.807, 2.05) is 0 Å². The van der Waals surface area contributed by atoms with Crippen LogP contribution in [0.2, 0.25) is 0 Å². The van der Waals surface area contributed by atoms with Gasteiger partial charge in [0.25, 0.3) is 0 Å². The first-order valence-corrected chi connectivity index (χ1v) is 6.37. The number of carboxylic acid groups (broad SMARTS) is 1. The number of benzene rings is 1. The van der Waals surface area contributed by atoms with Gasteiger partial charge in [-0.15, -0.1) is 0 Å². The maximum atomic E-state index is 10.6. The van der Waals surface area contributed by atoms with E-state index in [-0.39, 0.29) is 0 Å². The van der Waals surface area contributed by atoms with Crippen molar-refractivity contribution in [3.8, 4) is 11.8 Å². The number of nitriles is 1. The van der Waals surface area contributed by atoms with Crippen LogP contribution in [0.15, 0.2) is 18.2 Å². The van der Waals surface area contributed by atoms with Crippen molar-refractivity contribution in [3.05, 3.63) is 29.3 Å². The molecule has 1 atom stereocenters. The van der Waals surface area contributed by atoms with Crippen LogP contribution in [-0.2, 0) is 10.5 Å². The number of carboxylic acids is 1. The van der Waals surface area contributed by atoms with Crippen LogP contribution in [0.3, 0.4) is 0 Å². The highest BCUT2D eigenvalue weighted by Gasteiger charge is 2.12. The second-order valence-electron chi connectivity index (χ2n) is 3.60. The molecule has 0 amide bonds. The van der Waals surface area contributed by atoms with Crippen molar-refractivity contribution in [2.75, 3.05) is 12.9 Å². The Bertz CT molecular complexity index is 471. The molecule has 3 N–H and O–H groups in total. The number of rotatable bonds is 6. The van der Waals surface area contributed by atoms with Gasteiger partial charge in [0.2, 0.25) is 0 Å². The van der Waals surface area contributed by atoms with Crippen molar-refractivity contribution < 1.29 is 14.6 Å². The Labute approximate surface area is 110 Å². The van der Waals surface area contributed by atoms with E-state index in [4.69, 9.17) is 20.8 Å². The number of nitrogens with two attached hydrogens (primary N) is 1. The third kappa shape index (κ3) is 3.95. The van der Waals surface area contributed by atoms with E-state index in [9.17, 15) is 4.79 Å². The molecule has 1 aromatic rings. The fraction of sp³-hybridized carbons (Fsp3) is 0.333. The molecule has 1 unspecified atom stereocenters. The molecule has 1 rings (SSSR count). The molecule has 0 fully saturated rings. The number of carbonyl (C=O) groups is 1. The predicted molar refractivity (Wildman–Crippen MR) is 69.5 cm³/mol. The summed E-state index contributed by atoms with van der Waals surface area (Å²) in [5, 5.41) is 17.5. The monoisotopic (exact) mass is 266 g/mol. The van der Waals surface area contributed by atoms with E-state index in [0.29, 0.717) is 22.8 Å². The second-order valence-corrected chi connectivity index (χ2v) is 4.63. The summed E-state index contributed by atoms with van der Waals surface area (Å²) in [6.45, 7) is 0. The summed E-state index contributed by atoms with van der Waals surface area (Å²) >= 11 is 1.40. The maximum absolute atomic E-state index is 10.6. The Balaban J connectivity index is 2.66. The zero-order valence-electron chi connectivity index (χ0n) is 9.92. The Hall–Kier alpha value is -1.71. The molecule has 18 heavy (non-hydrogen) atoms. The number of ether oxygens (including phenoxy) is 1. The SMILES string of the molecule is COc1ccc(C#N)cc1CSCC(N)C(=O)O. The van der Waals surface area contributed by atoms with Crippen molar-refractivity contribution in [3.63, 3.8) is 0 Å². The summed E-state index contributed by atoms with van der Waals surface area (Å²) in [5.74, 6) is 0.542. The quantitative estimate of drug-likeness (QED) is 0.803. The fourth-order valence-corrected chi connectivity index (χ4v) is 2.29. The van der Waals surface area contributed by atoms with Crippen LogP contribution < -0.4 is 10.5 Å². The number of aliphatic carboxylic acids is 1. The van der Waals surface area contributed by atoms with Gasteiger partial charge in [-0.1, -0.05) is 0 Å². The molecular weight excluding hydrogens is 252 g/mol. The first kappa shape index (κ1) is 14.4. The van der Waals surface area contributed by atoms with Crippen molar-refractivity contribution in [2.45, 2.75) is 11.8 Å². The molecule has 0 aliphatic rings. The molecule has 0 aliphatic carbocycles. The summed E-state index contributed by atoms with van der Waals surface area (Å²) in [6.07, 6.45) is 0. The number of methoxy groups -OCH3 is 1. The van der Waals surface area contributed by atoms with Crippen molar-refractivity contribution in [2.24, 2.45) is 5.73 Å². The lowest BCUT2D eigenvalue weighted by Crippen LogP contribution is -2.32. The third-order valence-corrected chi connectivity index (χ3v) is 3.39. The van der Waals surface area contributed by atoms with Crippen LogP contribution in [-0.4, -0.2) is 30.0 Å². The Morgan fingerprint density at radius 3 is 2.94 bits per heavy atom. The van der Waals surface area contributed by atoms with Crippen molar-refractivity contribution in [1.82, 2.24) is 0 Å². The second kappa shape index (κ2) is 6.89. The van der Waals surface area contributed by atoms with Crippen LogP contribution in [0.4, 0.5) is 0 Å². The molecule has 0 bridgehead atoms. The summed E-state index contributed by atoms with van der Waals surface area (Å²) in [6, 6.07) is 6.32. The number of hydrogen-bond acceptors (Lipinski definition) is 5. The molecule has 0 aromatic heterocycles. The number of nitrogens with zero attached hydrogens (tertiary/aromatic N) is 1. The van der Waals surface area contributed by atoms with Gasteiger partial charge in [0.1, 0.15) is 11.8 Å². The highest BCUT2D eigenvalue weighted by Crippen LogP contribution is 2.24. The molecule has 5 nitrogen and oxygen atoms in total. The first-order chi connectivity index (χ1) is 8.58. The Kier molecular flexibility index (Phi) is 5.49. The van der Waals surface area contributed by atoms with Gasteiger partial charge in [-0.2, -0.15) is 17.0 Å². The fourth-order valence-electron chi connectivity index (χ4n) is 1.33. The summed E-state index contributed by atoms with van der Waals surface area (Å²) < 4.78 is 5.18. The maximum Gasteiger partial charge on any atom is 0.321 e. The molecule has 0 aliphatic heterocycles. The minimum atomic E-state index is -1.01. The summed E-state index contributed by atoms with van der Waals surface area (Å²) in [7, 11) is 1.55. The van der Waals surface area contributed by atoms with Gasteiger partial charge in [-0.25, -0.2) is 0 Å². The molecule has 0 radical (unpaired) electrons. The molecule has 1 aromatic carbocycles. The number of hydrogen-bond donors (Lipinski definition) is 2. The van der Waals surface area contributed by atoms with Crippen LogP contribution in [0.5, 0.6) is 5.75 Å². The van der Waals surface area contributed by atoms with E-state index >= 15 is 0 Å². The lowest BCUT2D eigenvalue weighted by molar-refractivity contribution is -0.137. The Morgan fingerprint density at radius 1 is 1.67 bits per heavy atom. The van der Waals surface area contributed by atoms with E-state index < -0.39 is 12.0 Å². The van der Waals surface area contributed by atoms with Crippen molar-refractivity contribution in [1.29, 1.82) is 5.26 Å². The molecule has 0 saturated heterocycles. The van der Waals surface area contributed by atoms with Crippen LogP contribution in [0.1, 0.15) is 11.1 Å². The molecule has 6 heteroatoms. The van der Waals surface area contributed by atoms with Gasteiger partial charge >= 0.3 is 5.97 Å². The molecular formula is C12H14N2O3S. The molecule has 0 heterocycles. The van der Waals surface area contributed by atoms with Gasteiger partial charge in [-0.3, -0.25) is 4.79 Å². The van der Waals surface area contributed by atoms with Crippen LogP contribution >= 0.6 is 11.8 Å². The minimum Gasteiger partial charge on any atom is -0.496 e. The predicted octanol–water partition coefficient (Wildman–Crippen LogP) is 1.21. The van der Waals surface area contributed by atoms with Crippen LogP contribution in [0, 0.1) is 11.3 Å². The lowest BCUT2D eigenvalue weighted by atomic mass is 10.1. The molecule has 0 saturated carbocycles. The average Bonchev–Trinajstić information content (AvgIpc) is 2.38. The van der Waals surface area contributed by atoms with E-state index in [2.05, 4.69) is 6.07 Å². The highest BCUT2D eigenvalue weighted by molar-refractivity contribution is 7.98. The van der Waals surface area contributed by atoms with E-state index in [0.717, 1.165) is 5.56 Å². The first-order valence-electron chi connectivity index (χ1n) is 5.21. The third-order valence-electron chi connectivity index (χ3n) is 2.28. The highest BCUT2D eigenvalue weighted by atomic mass is 32.2. The zero-order valence-corrected chi connectivity index (χ0v) is 10.7. The van der Waals surface area contributed by atoms with Crippen molar-refractivity contribution >= 4 is 17.7 Å². The summed E-state index contributed by atoms with van der Waals surface area (Å²) in [5.41, 5.74) is 6.81. The van der Waals surface area contributed by atoms with E-state index in [1.54, 1.807) is 25.3 Å². The molecule has 0 spiro atoms. The van der Waals surface area contributed by atoms with Gasteiger partial charge in [-0.05, 0) is 18.2 Å². The summed E-state index contributed by atoms with van der Waals surface area (Å²) in [4.78, 5) is 10.6. The lowest BCUT2D eigenvalue weighted by Gasteiger charge is -2.10. The zero-order chi connectivity index (χ0) is 13.5. The normalized spacial score (nSPS) is 11.6. The van der Waals surface area contributed by atoms with E-state index in [1.165, 1.54) is 11.8 Å². The van der Waals surface area contributed by atoms with Crippen LogP contribution in [0.25, 0.3) is 0 Å². The molecule has 96 valence electrons. The standard InChI is InChI=1S/C12H14N2O3S/c1-17-11-3-2-8(5-13)4-9(11)6-18-7-10(14)12(15)16/h2-4,10H,6-7,14H2,1H3,(H,15,16).